The predicted octanol–water partition coefficient (Wildman–Crippen LogP) is 4.93. The molecule has 0 bridgehead atoms. The zero-order valence-corrected chi connectivity index (χ0v) is 12.3. The van der Waals surface area contributed by atoms with Gasteiger partial charge in [-0.3, -0.25) is 4.57 Å². The number of hydrogen-bond acceptors (Lipinski definition) is 1. The Balaban J connectivity index is 2.18. The van der Waals surface area contributed by atoms with Crippen molar-refractivity contribution in [1.29, 1.82) is 0 Å². The van der Waals surface area contributed by atoms with E-state index in [1.165, 1.54) is 0 Å². The van der Waals surface area contributed by atoms with Gasteiger partial charge in [0.25, 0.3) is 0 Å². The van der Waals surface area contributed by atoms with Crippen LogP contribution in [0.4, 0.5) is 0 Å². The lowest BCUT2D eigenvalue weighted by Crippen LogP contribution is -1.96. The Labute approximate surface area is 124 Å². The second-order valence-corrected chi connectivity index (χ2v) is 5.00. The summed E-state index contributed by atoms with van der Waals surface area (Å²) >= 11 is 9.49. The number of aromatic nitrogens is 2. The van der Waals surface area contributed by atoms with E-state index in [2.05, 4.69) is 20.9 Å². The van der Waals surface area contributed by atoms with Crippen molar-refractivity contribution < 1.29 is 0 Å². The standard InChI is InChI=1S/C15H10BrClN2/c16-9-15(11-4-3-5-12(17)8-11)19-10-18-13-6-1-2-7-14(13)19/h1-10H. The minimum absolute atomic E-state index is 0.716. The maximum atomic E-state index is 6.06. The molecule has 0 unspecified atom stereocenters. The molecule has 0 saturated carbocycles. The van der Waals surface area contributed by atoms with Crippen LogP contribution in [0.2, 0.25) is 5.02 Å². The van der Waals surface area contributed by atoms with Gasteiger partial charge in [-0.25, -0.2) is 4.98 Å². The molecule has 0 aliphatic rings. The second-order valence-electron chi connectivity index (χ2n) is 4.11. The Morgan fingerprint density at radius 1 is 1.16 bits per heavy atom. The number of fused-ring (bicyclic) bond motifs is 1. The zero-order valence-electron chi connectivity index (χ0n) is 9.92. The van der Waals surface area contributed by atoms with Gasteiger partial charge < -0.3 is 0 Å². The van der Waals surface area contributed by atoms with Crippen LogP contribution in [0.5, 0.6) is 0 Å². The Hall–Kier alpha value is -1.58. The molecule has 0 aliphatic carbocycles. The molecule has 0 atom stereocenters. The molecule has 0 aliphatic heterocycles. The number of nitrogens with zero attached hydrogens (tertiary/aromatic N) is 2. The Kier molecular flexibility index (Phi) is 3.40. The quantitative estimate of drug-likeness (QED) is 0.650. The molecule has 3 aromatic rings. The van der Waals surface area contributed by atoms with Gasteiger partial charge in [0.1, 0.15) is 6.33 Å². The SMILES string of the molecule is Clc1cccc(C(=CBr)n2cnc3ccccc32)c1. The number of para-hydroxylation sites is 2. The molecule has 3 rings (SSSR count). The van der Waals surface area contributed by atoms with Crippen LogP contribution in [0, 0.1) is 0 Å². The second kappa shape index (κ2) is 5.19. The molecular formula is C15H10BrClN2. The number of hydrogen-bond donors (Lipinski definition) is 0. The summed E-state index contributed by atoms with van der Waals surface area (Å²) in [6.45, 7) is 0. The predicted molar refractivity (Wildman–Crippen MR) is 83.5 cm³/mol. The molecule has 1 heterocycles. The van der Waals surface area contributed by atoms with E-state index in [4.69, 9.17) is 11.6 Å². The first kappa shape index (κ1) is 12.5. The smallest absolute Gasteiger partial charge is 0.100 e. The van der Waals surface area contributed by atoms with Crippen LogP contribution in [0.15, 0.2) is 59.8 Å². The van der Waals surface area contributed by atoms with Gasteiger partial charge in [0.15, 0.2) is 0 Å². The summed E-state index contributed by atoms with van der Waals surface area (Å²) < 4.78 is 2.04. The molecule has 19 heavy (non-hydrogen) atoms. The van der Waals surface area contributed by atoms with E-state index >= 15 is 0 Å². The van der Waals surface area contributed by atoms with Crippen molar-refractivity contribution in [2.24, 2.45) is 0 Å². The van der Waals surface area contributed by atoms with E-state index in [1.54, 1.807) is 0 Å². The Morgan fingerprint density at radius 2 is 2.00 bits per heavy atom. The average molecular weight is 334 g/mol. The third-order valence-electron chi connectivity index (χ3n) is 2.94. The Bertz CT molecular complexity index is 761. The van der Waals surface area contributed by atoms with Crippen LogP contribution in [0.1, 0.15) is 5.56 Å². The minimum atomic E-state index is 0.716. The first-order valence-electron chi connectivity index (χ1n) is 5.78. The monoisotopic (exact) mass is 332 g/mol. The number of halogens is 2. The van der Waals surface area contributed by atoms with Crippen LogP contribution in [-0.2, 0) is 0 Å². The number of rotatable bonds is 2. The molecule has 1 aromatic heterocycles. The summed E-state index contributed by atoms with van der Waals surface area (Å²) in [5.41, 5.74) is 4.06. The van der Waals surface area contributed by atoms with Gasteiger partial charge >= 0.3 is 0 Å². The van der Waals surface area contributed by atoms with Crippen molar-refractivity contribution in [3.8, 4) is 0 Å². The van der Waals surface area contributed by atoms with E-state index in [0.717, 1.165) is 22.3 Å². The summed E-state index contributed by atoms with van der Waals surface area (Å²) in [5.74, 6) is 0. The fourth-order valence-corrected chi connectivity index (χ4v) is 2.73. The van der Waals surface area contributed by atoms with Crippen molar-refractivity contribution in [3.63, 3.8) is 0 Å². The van der Waals surface area contributed by atoms with E-state index in [1.807, 2.05) is 64.4 Å². The molecule has 0 saturated heterocycles. The molecule has 2 nitrogen and oxygen atoms in total. The van der Waals surface area contributed by atoms with Crippen LogP contribution < -0.4 is 0 Å². The van der Waals surface area contributed by atoms with Crippen LogP contribution in [0.25, 0.3) is 16.7 Å². The van der Waals surface area contributed by atoms with Gasteiger partial charge in [0, 0.05) is 15.6 Å². The van der Waals surface area contributed by atoms with Crippen LogP contribution >= 0.6 is 27.5 Å². The highest BCUT2D eigenvalue weighted by atomic mass is 79.9. The molecular weight excluding hydrogens is 324 g/mol. The highest BCUT2D eigenvalue weighted by Crippen LogP contribution is 2.25. The average Bonchev–Trinajstić information content (AvgIpc) is 2.84. The molecule has 0 fully saturated rings. The minimum Gasteiger partial charge on any atom is -0.298 e. The largest absolute Gasteiger partial charge is 0.298 e. The molecule has 0 spiro atoms. The maximum Gasteiger partial charge on any atom is 0.100 e. The molecule has 94 valence electrons. The molecule has 2 aromatic carbocycles. The van der Waals surface area contributed by atoms with E-state index in [9.17, 15) is 0 Å². The van der Waals surface area contributed by atoms with Gasteiger partial charge in [-0.2, -0.15) is 0 Å². The lowest BCUT2D eigenvalue weighted by Gasteiger charge is -2.09. The van der Waals surface area contributed by atoms with Crippen molar-refractivity contribution in [3.05, 3.63) is 70.4 Å². The molecule has 0 radical (unpaired) electrons. The van der Waals surface area contributed by atoms with Gasteiger partial charge in [-0.15, -0.1) is 0 Å². The number of imidazole rings is 1. The van der Waals surface area contributed by atoms with Gasteiger partial charge in [-0.05, 0) is 24.3 Å². The summed E-state index contributed by atoms with van der Waals surface area (Å²) in [5, 5.41) is 0.716. The van der Waals surface area contributed by atoms with Crippen molar-refractivity contribution in [2.75, 3.05) is 0 Å². The molecule has 0 N–H and O–H groups in total. The van der Waals surface area contributed by atoms with E-state index in [-0.39, 0.29) is 0 Å². The van der Waals surface area contributed by atoms with E-state index < -0.39 is 0 Å². The summed E-state index contributed by atoms with van der Waals surface area (Å²) in [6, 6.07) is 15.8. The lowest BCUT2D eigenvalue weighted by atomic mass is 10.1. The normalized spacial score (nSPS) is 12.0. The van der Waals surface area contributed by atoms with Crippen molar-refractivity contribution >= 4 is 44.3 Å². The highest BCUT2D eigenvalue weighted by Gasteiger charge is 2.08. The molecule has 0 amide bonds. The van der Waals surface area contributed by atoms with Gasteiger partial charge in [-0.1, -0.05) is 51.8 Å². The summed E-state index contributed by atoms with van der Waals surface area (Å²) in [4.78, 5) is 6.29. The van der Waals surface area contributed by atoms with Gasteiger partial charge in [0.2, 0.25) is 0 Å². The fourth-order valence-electron chi connectivity index (χ4n) is 2.05. The molecule has 4 heteroatoms. The van der Waals surface area contributed by atoms with Crippen molar-refractivity contribution in [2.45, 2.75) is 0 Å². The maximum absolute atomic E-state index is 6.06. The summed E-state index contributed by atoms with van der Waals surface area (Å²) in [7, 11) is 0. The third kappa shape index (κ3) is 2.31. The lowest BCUT2D eigenvalue weighted by molar-refractivity contribution is 1.13. The first-order valence-corrected chi connectivity index (χ1v) is 7.08. The first-order chi connectivity index (χ1) is 9.29. The van der Waals surface area contributed by atoms with Crippen LogP contribution in [-0.4, -0.2) is 9.55 Å². The summed E-state index contributed by atoms with van der Waals surface area (Å²) in [6.07, 6.45) is 1.82. The fraction of sp³-hybridized carbons (Fsp3) is 0. The number of benzene rings is 2. The Morgan fingerprint density at radius 3 is 2.79 bits per heavy atom. The van der Waals surface area contributed by atoms with Crippen molar-refractivity contribution in [1.82, 2.24) is 9.55 Å². The van der Waals surface area contributed by atoms with Gasteiger partial charge in [0.05, 0.1) is 16.7 Å². The highest BCUT2D eigenvalue weighted by molar-refractivity contribution is 9.11. The topological polar surface area (TPSA) is 17.8 Å². The third-order valence-corrected chi connectivity index (χ3v) is 3.61. The van der Waals surface area contributed by atoms with Crippen LogP contribution in [0.3, 0.4) is 0 Å². The van der Waals surface area contributed by atoms with E-state index in [0.29, 0.717) is 5.02 Å². The zero-order chi connectivity index (χ0) is 13.2.